The van der Waals surface area contributed by atoms with E-state index in [4.69, 9.17) is 22.1 Å². The Morgan fingerprint density at radius 3 is 2.57 bits per heavy atom. The maximum atomic E-state index is 12.0. The van der Waals surface area contributed by atoms with E-state index >= 15 is 0 Å². The van der Waals surface area contributed by atoms with Crippen LogP contribution in [0.4, 0.5) is 11.4 Å². The third-order valence-electron chi connectivity index (χ3n) is 3.52. The highest BCUT2D eigenvalue weighted by atomic mass is 35.5. The fraction of sp³-hybridized carbons (Fsp3) is 0.533. The second kappa shape index (κ2) is 7.00. The van der Waals surface area contributed by atoms with Gasteiger partial charge in [0.2, 0.25) is 0 Å². The van der Waals surface area contributed by atoms with Crippen LogP contribution in [0, 0.1) is 0 Å². The van der Waals surface area contributed by atoms with Gasteiger partial charge < -0.3 is 20.7 Å². The average molecular weight is 314 g/mol. The number of nitrogen functional groups attached to an aromatic ring is 1. The minimum absolute atomic E-state index is 0.101. The van der Waals surface area contributed by atoms with E-state index in [2.05, 4.69) is 24.1 Å². The fourth-order valence-corrected chi connectivity index (χ4v) is 1.93. The van der Waals surface area contributed by atoms with Crippen LogP contribution < -0.4 is 11.1 Å². The number of rotatable bonds is 6. The Hall–Kier alpha value is -1.46. The molecule has 0 amide bonds. The van der Waals surface area contributed by atoms with E-state index in [1.807, 2.05) is 14.1 Å². The number of nitrogens with zero attached hydrogens (tertiary/aromatic N) is 1. The van der Waals surface area contributed by atoms with Crippen molar-refractivity contribution in [2.75, 3.05) is 38.3 Å². The summed E-state index contributed by atoms with van der Waals surface area (Å²) in [5.74, 6) is -0.433. The molecule has 21 heavy (non-hydrogen) atoms. The summed E-state index contributed by atoms with van der Waals surface area (Å²) in [6.07, 6.45) is 0. The molecular formula is C15H24ClN3O2. The molecule has 0 aliphatic carbocycles. The summed E-state index contributed by atoms with van der Waals surface area (Å²) in [7, 11) is 4.00. The molecule has 1 aromatic carbocycles. The molecule has 0 unspecified atom stereocenters. The van der Waals surface area contributed by atoms with Gasteiger partial charge in [-0.05, 0) is 47.0 Å². The van der Waals surface area contributed by atoms with Gasteiger partial charge in [-0.15, -0.1) is 0 Å². The number of halogens is 1. The Kier molecular flexibility index (Phi) is 5.87. The number of nitrogens with two attached hydrogens (primary N) is 1. The van der Waals surface area contributed by atoms with Crippen LogP contribution in [0.25, 0.3) is 0 Å². The molecule has 1 aromatic rings. The first-order valence-electron chi connectivity index (χ1n) is 6.86. The normalized spacial score (nSPS) is 11.6. The molecule has 118 valence electrons. The second-order valence-electron chi connectivity index (χ2n) is 5.71. The lowest BCUT2D eigenvalue weighted by atomic mass is 10.0. The van der Waals surface area contributed by atoms with Crippen LogP contribution in [0.2, 0.25) is 5.02 Å². The fourth-order valence-electron chi connectivity index (χ4n) is 1.64. The number of anilines is 2. The summed E-state index contributed by atoms with van der Waals surface area (Å²) < 4.78 is 5.05. The molecule has 0 spiro atoms. The van der Waals surface area contributed by atoms with Gasteiger partial charge in [0.05, 0.1) is 22.9 Å². The van der Waals surface area contributed by atoms with E-state index in [0.29, 0.717) is 35.1 Å². The number of carbonyl (C=O) groups is 1. The van der Waals surface area contributed by atoms with Crippen LogP contribution >= 0.6 is 11.6 Å². The Morgan fingerprint density at radius 1 is 1.43 bits per heavy atom. The summed E-state index contributed by atoms with van der Waals surface area (Å²) in [4.78, 5) is 14.1. The average Bonchev–Trinajstić information content (AvgIpc) is 2.36. The first-order valence-corrected chi connectivity index (χ1v) is 7.24. The molecule has 0 atom stereocenters. The maximum absolute atomic E-state index is 12.0. The zero-order chi connectivity index (χ0) is 16.2. The molecule has 0 heterocycles. The van der Waals surface area contributed by atoms with Gasteiger partial charge in [0.25, 0.3) is 0 Å². The number of ether oxygens (including phenoxy) is 1. The van der Waals surface area contributed by atoms with E-state index in [-0.39, 0.29) is 5.54 Å². The van der Waals surface area contributed by atoms with Crippen molar-refractivity contribution in [2.45, 2.75) is 26.3 Å². The lowest BCUT2D eigenvalue weighted by Crippen LogP contribution is -2.44. The summed E-state index contributed by atoms with van der Waals surface area (Å²) in [5, 5.41) is 3.65. The van der Waals surface area contributed by atoms with Crippen molar-refractivity contribution >= 4 is 28.9 Å². The smallest absolute Gasteiger partial charge is 0.340 e. The van der Waals surface area contributed by atoms with Crippen molar-refractivity contribution in [3.63, 3.8) is 0 Å². The number of hydrogen-bond donors (Lipinski definition) is 2. The highest BCUT2D eigenvalue weighted by molar-refractivity contribution is 6.34. The third-order valence-corrected chi connectivity index (χ3v) is 3.81. The Morgan fingerprint density at radius 2 is 2.05 bits per heavy atom. The molecule has 1 rings (SSSR count). The molecule has 0 radical (unpaired) electrons. The minimum atomic E-state index is -0.433. The number of hydrogen-bond acceptors (Lipinski definition) is 5. The first kappa shape index (κ1) is 17.6. The van der Waals surface area contributed by atoms with Gasteiger partial charge in [0.15, 0.2) is 0 Å². The van der Waals surface area contributed by atoms with Gasteiger partial charge in [0, 0.05) is 17.8 Å². The number of benzene rings is 1. The van der Waals surface area contributed by atoms with Crippen molar-refractivity contribution in [2.24, 2.45) is 0 Å². The Labute approximate surface area is 131 Å². The topological polar surface area (TPSA) is 67.6 Å². The third kappa shape index (κ3) is 4.51. The van der Waals surface area contributed by atoms with E-state index in [0.717, 1.165) is 0 Å². The molecule has 6 heteroatoms. The number of esters is 1. The Balaban J connectivity index is 3.08. The van der Waals surface area contributed by atoms with Gasteiger partial charge in [-0.25, -0.2) is 4.79 Å². The minimum Gasteiger partial charge on any atom is -0.462 e. The standard InChI is InChI=1S/C15H24ClN3O2/c1-6-21-14(20)11-7-10(17)8-12(16)13(11)18-9-15(2,3)19(4)5/h7-8,18H,6,9,17H2,1-5H3. The summed E-state index contributed by atoms with van der Waals surface area (Å²) in [6.45, 7) is 6.86. The molecule has 0 saturated heterocycles. The zero-order valence-corrected chi connectivity index (χ0v) is 14.0. The molecular weight excluding hydrogens is 290 g/mol. The quantitative estimate of drug-likeness (QED) is 0.624. The number of carbonyl (C=O) groups excluding carboxylic acids is 1. The zero-order valence-electron chi connectivity index (χ0n) is 13.3. The molecule has 3 N–H and O–H groups in total. The second-order valence-corrected chi connectivity index (χ2v) is 6.11. The van der Waals surface area contributed by atoms with E-state index < -0.39 is 5.97 Å². The maximum Gasteiger partial charge on any atom is 0.340 e. The van der Waals surface area contributed by atoms with Crippen LogP contribution in [0.1, 0.15) is 31.1 Å². The van der Waals surface area contributed by atoms with Crippen molar-refractivity contribution in [1.82, 2.24) is 4.90 Å². The van der Waals surface area contributed by atoms with Gasteiger partial charge in [-0.3, -0.25) is 0 Å². The van der Waals surface area contributed by atoms with Crippen LogP contribution in [0.5, 0.6) is 0 Å². The van der Waals surface area contributed by atoms with E-state index in [9.17, 15) is 4.79 Å². The molecule has 0 aliphatic rings. The first-order chi connectivity index (χ1) is 9.69. The number of nitrogens with one attached hydrogen (secondary N) is 1. The molecule has 0 aliphatic heterocycles. The SMILES string of the molecule is CCOC(=O)c1cc(N)cc(Cl)c1NCC(C)(C)N(C)C. The van der Waals surface area contributed by atoms with Crippen molar-refractivity contribution in [3.05, 3.63) is 22.7 Å². The monoisotopic (exact) mass is 313 g/mol. The highest BCUT2D eigenvalue weighted by Crippen LogP contribution is 2.30. The summed E-state index contributed by atoms with van der Waals surface area (Å²) >= 11 is 6.22. The summed E-state index contributed by atoms with van der Waals surface area (Å²) in [6, 6.07) is 3.20. The van der Waals surface area contributed by atoms with E-state index in [1.165, 1.54) is 0 Å². The number of likely N-dealkylation sites (N-methyl/N-ethyl adjacent to an activating group) is 1. The van der Waals surface area contributed by atoms with Crippen molar-refractivity contribution < 1.29 is 9.53 Å². The molecule has 0 saturated carbocycles. The molecule has 5 nitrogen and oxygen atoms in total. The highest BCUT2D eigenvalue weighted by Gasteiger charge is 2.23. The van der Waals surface area contributed by atoms with Crippen LogP contribution in [-0.4, -0.2) is 43.7 Å². The van der Waals surface area contributed by atoms with Gasteiger partial charge in [0.1, 0.15) is 0 Å². The predicted octanol–water partition coefficient (Wildman–Crippen LogP) is 2.85. The van der Waals surface area contributed by atoms with Crippen LogP contribution in [0.3, 0.4) is 0 Å². The van der Waals surface area contributed by atoms with E-state index in [1.54, 1.807) is 19.1 Å². The summed E-state index contributed by atoms with van der Waals surface area (Å²) in [5.41, 5.74) is 7.01. The van der Waals surface area contributed by atoms with Crippen LogP contribution in [-0.2, 0) is 4.74 Å². The largest absolute Gasteiger partial charge is 0.462 e. The molecule has 0 fully saturated rings. The lowest BCUT2D eigenvalue weighted by molar-refractivity contribution is 0.0527. The molecule has 0 bridgehead atoms. The van der Waals surface area contributed by atoms with Crippen molar-refractivity contribution in [1.29, 1.82) is 0 Å². The lowest BCUT2D eigenvalue weighted by Gasteiger charge is -2.33. The van der Waals surface area contributed by atoms with Gasteiger partial charge in [-0.2, -0.15) is 0 Å². The van der Waals surface area contributed by atoms with Gasteiger partial charge in [-0.1, -0.05) is 11.6 Å². The molecule has 0 aromatic heterocycles. The predicted molar refractivity (Wildman–Crippen MR) is 88.1 cm³/mol. The van der Waals surface area contributed by atoms with Crippen molar-refractivity contribution in [3.8, 4) is 0 Å². The van der Waals surface area contributed by atoms with Gasteiger partial charge >= 0.3 is 5.97 Å². The Bertz CT molecular complexity index is 516. The van der Waals surface area contributed by atoms with Crippen LogP contribution in [0.15, 0.2) is 12.1 Å².